The van der Waals surface area contributed by atoms with Crippen LogP contribution in [0.5, 0.6) is 0 Å². The van der Waals surface area contributed by atoms with Crippen molar-refractivity contribution in [3.8, 4) is 0 Å². The molecule has 0 unspecified atom stereocenters. The van der Waals surface area contributed by atoms with Crippen molar-refractivity contribution in [1.29, 1.82) is 0 Å². The van der Waals surface area contributed by atoms with Crippen LogP contribution in [0.1, 0.15) is 18.2 Å². The molecule has 0 saturated carbocycles. The summed E-state index contributed by atoms with van der Waals surface area (Å²) in [6, 6.07) is -0.268. The highest BCUT2D eigenvalue weighted by molar-refractivity contribution is 9.10. The Labute approximate surface area is 135 Å². The van der Waals surface area contributed by atoms with Crippen LogP contribution in [0, 0.1) is 6.92 Å². The molecule has 2 atom stereocenters. The zero-order chi connectivity index (χ0) is 15.9. The fourth-order valence-electron chi connectivity index (χ4n) is 2.82. The molecular formula is C14H15BrFN5O. The Morgan fingerprint density at radius 3 is 3.00 bits per heavy atom. The number of likely N-dealkylation sites (tertiary alicyclic amines) is 1. The molecule has 116 valence electrons. The highest BCUT2D eigenvalue weighted by Crippen LogP contribution is 2.30. The van der Waals surface area contributed by atoms with Gasteiger partial charge in [0.15, 0.2) is 5.65 Å². The molecule has 0 N–H and O–H groups in total. The number of piperidine rings is 1. The number of aromatic nitrogens is 4. The Kier molecular flexibility index (Phi) is 3.94. The molecular weight excluding hydrogens is 353 g/mol. The molecule has 1 amide bonds. The van der Waals surface area contributed by atoms with E-state index in [4.69, 9.17) is 0 Å². The highest BCUT2D eigenvalue weighted by atomic mass is 79.9. The maximum atomic E-state index is 14.0. The van der Waals surface area contributed by atoms with Gasteiger partial charge in [0, 0.05) is 13.0 Å². The Bertz CT molecular complexity index is 746. The number of carbonyl (C=O) groups excluding carboxylic acids is 1. The van der Waals surface area contributed by atoms with E-state index in [-0.39, 0.29) is 18.5 Å². The zero-order valence-electron chi connectivity index (χ0n) is 12.0. The van der Waals surface area contributed by atoms with E-state index in [0.29, 0.717) is 23.2 Å². The van der Waals surface area contributed by atoms with Gasteiger partial charge < -0.3 is 4.90 Å². The predicted molar refractivity (Wildman–Crippen MR) is 83.1 cm³/mol. The van der Waals surface area contributed by atoms with Crippen LogP contribution in [-0.4, -0.2) is 49.8 Å². The molecule has 1 saturated heterocycles. The summed E-state index contributed by atoms with van der Waals surface area (Å²) in [5, 5.41) is 5.24. The van der Waals surface area contributed by atoms with E-state index in [1.54, 1.807) is 4.68 Å². The summed E-state index contributed by atoms with van der Waals surface area (Å²) in [6.07, 6.45) is 1.87. The molecule has 2 aromatic rings. The molecule has 2 aromatic heterocycles. The minimum Gasteiger partial charge on any atom is -0.334 e. The predicted octanol–water partition coefficient (Wildman–Crippen LogP) is 2.19. The van der Waals surface area contributed by atoms with Gasteiger partial charge in [0.05, 0.1) is 23.7 Å². The van der Waals surface area contributed by atoms with E-state index in [9.17, 15) is 9.18 Å². The quantitative estimate of drug-likeness (QED) is 0.763. The lowest BCUT2D eigenvalue weighted by Gasteiger charge is -2.34. The van der Waals surface area contributed by atoms with Crippen molar-refractivity contribution in [1.82, 2.24) is 24.6 Å². The van der Waals surface area contributed by atoms with Gasteiger partial charge in [0.2, 0.25) is 5.91 Å². The number of amides is 1. The van der Waals surface area contributed by atoms with Crippen molar-refractivity contribution in [2.75, 3.05) is 13.1 Å². The Balaban J connectivity index is 2.01. The number of hydrogen-bond acceptors (Lipinski definition) is 4. The largest absolute Gasteiger partial charge is 0.334 e. The van der Waals surface area contributed by atoms with Gasteiger partial charge >= 0.3 is 0 Å². The molecule has 0 aliphatic carbocycles. The molecule has 8 heteroatoms. The van der Waals surface area contributed by atoms with Gasteiger partial charge in [-0.05, 0) is 28.9 Å². The molecule has 0 aromatic carbocycles. The summed E-state index contributed by atoms with van der Waals surface area (Å²) in [5.74, 6) is -0.270. The number of carbonyl (C=O) groups is 1. The van der Waals surface area contributed by atoms with E-state index in [0.717, 1.165) is 11.1 Å². The van der Waals surface area contributed by atoms with Crippen LogP contribution in [0.3, 0.4) is 0 Å². The first-order chi connectivity index (χ1) is 10.5. The van der Waals surface area contributed by atoms with Gasteiger partial charge in [0.25, 0.3) is 0 Å². The SMILES string of the molecule is C=CC(=O)N1C[C@@H](F)C[C@@H](n2nc(Br)c3c(C)ncnc32)C1. The third-order valence-electron chi connectivity index (χ3n) is 3.85. The maximum Gasteiger partial charge on any atom is 0.246 e. The van der Waals surface area contributed by atoms with Crippen molar-refractivity contribution >= 4 is 32.9 Å². The number of fused-ring (bicyclic) bond motifs is 1. The molecule has 1 aliphatic rings. The molecule has 0 radical (unpaired) electrons. The number of halogens is 2. The molecule has 3 rings (SSSR count). The lowest BCUT2D eigenvalue weighted by molar-refractivity contribution is -0.129. The van der Waals surface area contributed by atoms with Crippen LogP contribution in [0.15, 0.2) is 23.6 Å². The monoisotopic (exact) mass is 367 g/mol. The second kappa shape index (κ2) is 5.75. The van der Waals surface area contributed by atoms with Crippen LogP contribution in [0.4, 0.5) is 4.39 Å². The zero-order valence-corrected chi connectivity index (χ0v) is 13.6. The standard InChI is InChI=1S/C14H15BrFN5O/c1-3-11(22)20-5-9(16)4-10(6-20)21-14-12(13(15)19-21)8(2)17-7-18-14/h3,7,9-10H,1,4-6H2,2H3/t9-,10+/m0/s1. The summed E-state index contributed by atoms with van der Waals surface area (Å²) in [4.78, 5) is 21.7. The van der Waals surface area contributed by atoms with E-state index >= 15 is 0 Å². The van der Waals surface area contributed by atoms with Crippen molar-refractivity contribution in [3.05, 3.63) is 29.3 Å². The first-order valence-electron chi connectivity index (χ1n) is 6.92. The fraction of sp³-hybridized carbons (Fsp3) is 0.429. The van der Waals surface area contributed by atoms with Gasteiger partial charge in [-0.2, -0.15) is 5.10 Å². The molecule has 22 heavy (non-hydrogen) atoms. The van der Waals surface area contributed by atoms with Gasteiger partial charge in [-0.15, -0.1) is 0 Å². The van der Waals surface area contributed by atoms with Crippen LogP contribution in [0.25, 0.3) is 11.0 Å². The smallest absolute Gasteiger partial charge is 0.246 e. The van der Waals surface area contributed by atoms with Crippen LogP contribution in [-0.2, 0) is 4.79 Å². The molecule has 0 spiro atoms. The fourth-order valence-corrected chi connectivity index (χ4v) is 3.46. The maximum absolute atomic E-state index is 14.0. The Morgan fingerprint density at radius 2 is 2.27 bits per heavy atom. The Hall–Kier alpha value is -1.83. The van der Waals surface area contributed by atoms with Crippen molar-refractivity contribution in [2.45, 2.75) is 25.6 Å². The summed E-state index contributed by atoms with van der Waals surface area (Å²) in [5.41, 5.74) is 1.44. The lowest BCUT2D eigenvalue weighted by atomic mass is 10.0. The van der Waals surface area contributed by atoms with Gasteiger partial charge in [-0.1, -0.05) is 6.58 Å². The normalized spacial score (nSPS) is 22.0. The molecule has 1 aliphatic heterocycles. The van der Waals surface area contributed by atoms with Crippen LogP contribution >= 0.6 is 15.9 Å². The van der Waals surface area contributed by atoms with E-state index in [2.05, 4.69) is 37.6 Å². The highest BCUT2D eigenvalue weighted by Gasteiger charge is 2.32. The minimum absolute atomic E-state index is 0.0930. The van der Waals surface area contributed by atoms with Gasteiger partial charge in [-0.25, -0.2) is 19.0 Å². The minimum atomic E-state index is -1.09. The third kappa shape index (κ3) is 2.51. The average Bonchev–Trinajstić information content (AvgIpc) is 2.84. The lowest BCUT2D eigenvalue weighted by Crippen LogP contribution is -2.45. The summed E-state index contributed by atoms with van der Waals surface area (Å²) >= 11 is 3.41. The Morgan fingerprint density at radius 1 is 1.50 bits per heavy atom. The second-order valence-electron chi connectivity index (χ2n) is 5.33. The van der Waals surface area contributed by atoms with Crippen LogP contribution in [0.2, 0.25) is 0 Å². The summed E-state index contributed by atoms with van der Waals surface area (Å²) < 4.78 is 16.4. The van der Waals surface area contributed by atoms with E-state index in [1.165, 1.54) is 17.3 Å². The number of aryl methyl sites for hydroxylation is 1. The molecule has 0 bridgehead atoms. The first kappa shape index (κ1) is 15.1. The molecule has 3 heterocycles. The number of alkyl halides is 1. The molecule has 1 fully saturated rings. The first-order valence-corrected chi connectivity index (χ1v) is 7.71. The molecule has 6 nitrogen and oxygen atoms in total. The number of hydrogen-bond donors (Lipinski definition) is 0. The summed E-state index contributed by atoms with van der Waals surface area (Å²) in [7, 11) is 0. The van der Waals surface area contributed by atoms with E-state index in [1.807, 2.05) is 6.92 Å². The van der Waals surface area contributed by atoms with Crippen molar-refractivity contribution in [2.24, 2.45) is 0 Å². The average molecular weight is 368 g/mol. The van der Waals surface area contributed by atoms with E-state index < -0.39 is 6.17 Å². The van der Waals surface area contributed by atoms with Gasteiger partial charge in [0.1, 0.15) is 17.1 Å². The van der Waals surface area contributed by atoms with Crippen molar-refractivity contribution in [3.63, 3.8) is 0 Å². The number of nitrogens with zero attached hydrogens (tertiary/aromatic N) is 5. The van der Waals surface area contributed by atoms with Crippen molar-refractivity contribution < 1.29 is 9.18 Å². The summed E-state index contributed by atoms with van der Waals surface area (Å²) in [6.45, 7) is 5.81. The van der Waals surface area contributed by atoms with Crippen LogP contribution < -0.4 is 0 Å². The number of rotatable bonds is 2. The van der Waals surface area contributed by atoms with Gasteiger partial charge in [-0.3, -0.25) is 4.79 Å². The second-order valence-corrected chi connectivity index (χ2v) is 6.08. The topological polar surface area (TPSA) is 63.9 Å². The third-order valence-corrected chi connectivity index (χ3v) is 4.40.